The highest BCUT2D eigenvalue weighted by molar-refractivity contribution is 9.10. The molecule has 0 radical (unpaired) electrons. The number of carbonyl (C=O) groups excluding carboxylic acids is 1. The number of aromatic nitrogens is 4. The van der Waals surface area contributed by atoms with E-state index in [2.05, 4.69) is 31.4 Å². The van der Waals surface area contributed by atoms with Crippen LogP contribution in [0.15, 0.2) is 16.9 Å². The molecule has 8 heteroatoms. The Kier molecular flexibility index (Phi) is 4.82. The molecule has 0 aliphatic carbocycles. The first-order chi connectivity index (χ1) is 9.49. The SMILES string of the molecule is Cc1nn(CCCNC(=O)c2c(Br)cnn2C)cc1Cl. The van der Waals surface area contributed by atoms with Crippen LogP contribution in [0.25, 0.3) is 0 Å². The van der Waals surface area contributed by atoms with Crippen molar-refractivity contribution >= 4 is 33.4 Å². The third-order valence-corrected chi connectivity index (χ3v) is 3.80. The lowest BCUT2D eigenvalue weighted by Crippen LogP contribution is -2.27. The predicted octanol–water partition coefficient (Wildman–Crippen LogP) is 2.16. The number of rotatable bonds is 5. The number of halogens is 2. The number of aryl methyl sites for hydroxylation is 3. The number of carbonyl (C=O) groups is 1. The van der Waals surface area contributed by atoms with E-state index in [1.54, 1.807) is 24.1 Å². The zero-order valence-electron chi connectivity index (χ0n) is 11.2. The van der Waals surface area contributed by atoms with E-state index in [9.17, 15) is 4.79 Å². The largest absolute Gasteiger partial charge is 0.351 e. The van der Waals surface area contributed by atoms with Crippen LogP contribution in [0.5, 0.6) is 0 Å². The smallest absolute Gasteiger partial charge is 0.270 e. The minimum Gasteiger partial charge on any atom is -0.351 e. The van der Waals surface area contributed by atoms with Crippen molar-refractivity contribution < 1.29 is 4.79 Å². The molecule has 1 N–H and O–H groups in total. The van der Waals surface area contributed by atoms with Gasteiger partial charge in [-0.15, -0.1) is 0 Å². The van der Waals surface area contributed by atoms with Gasteiger partial charge in [0.25, 0.3) is 5.91 Å². The molecule has 2 aromatic rings. The molecule has 2 aromatic heterocycles. The van der Waals surface area contributed by atoms with Gasteiger partial charge in [0.15, 0.2) is 0 Å². The van der Waals surface area contributed by atoms with Gasteiger partial charge in [-0.3, -0.25) is 14.2 Å². The van der Waals surface area contributed by atoms with Gasteiger partial charge >= 0.3 is 0 Å². The van der Waals surface area contributed by atoms with Crippen LogP contribution in [0.3, 0.4) is 0 Å². The van der Waals surface area contributed by atoms with E-state index >= 15 is 0 Å². The van der Waals surface area contributed by atoms with E-state index in [0.29, 0.717) is 28.3 Å². The maximum Gasteiger partial charge on any atom is 0.270 e. The van der Waals surface area contributed by atoms with Gasteiger partial charge in [0.05, 0.1) is 21.4 Å². The first-order valence-corrected chi connectivity index (χ1v) is 7.31. The maximum absolute atomic E-state index is 12.0. The first kappa shape index (κ1) is 15.1. The second-order valence-electron chi connectivity index (χ2n) is 4.40. The summed E-state index contributed by atoms with van der Waals surface area (Å²) in [5, 5.41) is 11.8. The van der Waals surface area contributed by atoms with Gasteiger partial charge in [0.1, 0.15) is 5.69 Å². The second-order valence-corrected chi connectivity index (χ2v) is 5.66. The molecule has 0 aliphatic rings. The Morgan fingerprint density at radius 2 is 2.30 bits per heavy atom. The van der Waals surface area contributed by atoms with Crippen LogP contribution >= 0.6 is 27.5 Å². The molecule has 0 saturated heterocycles. The lowest BCUT2D eigenvalue weighted by Gasteiger charge is -2.06. The van der Waals surface area contributed by atoms with Crippen LogP contribution in [0.4, 0.5) is 0 Å². The van der Waals surface area contributed by atoms with E-state index in [-0.39, 0.29) is 5.91 Å². The van der Waals surface area contributed by atoms with Crippen molar-refractivity contribution in [2.45, 2.75) is 19.9 Å². The minimum absolute atomic E-state index is 0.147. The van der Waals surface area contributed by atoms with E-state index < -0.39 is 0 Å². The van der Waals surface area contributed by atoms with Gasteiger partial charge in [0, 0.05) is 26.3 Å². The van der Waals surface area contributed by atoms with Crippen molar-refractivity contribution in [2.75, 3.05) is 6.54 Å². The quantitative estimate of drug-likeness (QED) is 0.831. The summed E-state index contributed by atoms with van der Waals surface area (Å²) in [5.74, 6) is -0.147. The Morgan fingerprint density at radius 1 is 1.55 bits per heavy atom. The highest BCUT2D eigenvalue weighted by atomic mass is 79.9. The Labute approximate surface area is 130 Å². The highest BCUT2D eigenvalue weighted by Crippen LogP contribution is 2.14. The molecular formula is C12H15BrClN5O. The Hall–Kier alpha value is -1.34. The monoisotopic (exact) mass is 359 g/mol. The lowest BCUT2D eigenvalue weighted by molar-refractivity contribution is 0.0942. The summed E-state index contributed by atoms with van der Waals surface area (Å²) in [6.45, 7) is 3.13. The maximum atomic E-state index is 12.0. The zero-order valence-corrected chi connectivity index (χ0v) is 13.6. The zero-order chi connectivity index (χ0) is 14.7. The number of hydrogen-bond acceptors (Lipinski definition) is 3. The summed E-state index contributed by atoms with van der Waals surface area (Å²) in [4.78, 5) is 12.0. The van der Waals surface area contributed by atoms with E-state index in [4.69, 9.17) is 11.6 Å². The molecule has 108 valence electrons. The normalized spacial score (nSPS) is 10.8. The third-order valence-electron chi connectivity index (χ3n) is 2.85. The number of nitrogens with zero attached hydrogens (tertiary/aromatic N) is 4. The topological polar surface area (TPSA) is 64.7 Å². The number of nitrogens with one attached hydrogen (secondary N) is 1. The molecule has 2 rings (SSSR count). The van der Waals surface area contributed by atoms with Crippen molar-refractivity contribution in [2.24, 2.45) is 7.05 Å². The molecule has 2 heterocycles. The van der Waals surface area contributed by atoms with Gasteiger partial charge < -0.3 is 5.32 Å². The average Bonchev–Trinajstić information content (AvgIpc) is 2.89. The molecule has 0 aliphatic heterocycles. The summed E-state index contributed by atoms with van der Waals surface area (Å²) >= 11 is 9.23. The highest BCUT2D eigenvalue weighted by Gasteiger charge is 2.14. The molecule has 0 unspecified atom stereocenters. The van der Waals surface area contributed by atoms with Crippen LogP contribution in [0.1, 0.15) is 22.6 Å². The first-order valence-electron chi connectivity index (χ1n) is 6.14. The summed E-state index contributed by atoms with van der Waals surface area (Å²) < 4.78 is 4.01. The van der Waals surface area contributed by atoms with E-state index in [1.165, 1.54) is 4.68 Å². The van der Waals surface area contributed by atoms with Crippen LogP contribution in [-0.2, 0) is 13.6 Å². The van der Waals surface area contributed by atoms with Crippen molar-refractivity contribution in [1.82, 2.24) is 24.9 Å². The van der Waals surface area contributed by atoms with E-state index in [1.807, 2.05) is 6.92 Å². The lowest BCUT2D eigenvalue weighted by atomic mass is 10.3. The molecule has 0 bridgehead atoms. The van der Waals surface area contributed by atoms with Crippen LogP contribution in [-0.4, -0.2) is 32.0 Å². The summed E-state index contributed by atoms with van der Waals surface area (Å²) in [5.41, 5.74) is 1.33. The predicted molar refractivity (Wildman–Crippen MR) is 79.8 cm³/mol. The molecule has 0 atom stereocenters. The minimum atomic E-state index is -0.147. The van der Waals surface area contributed by atoms with Gasteiger partial charge in [0.2, 0.25) is 0 Å². The molecule has 0 spiro atoms. The van der Waals surface area contributed by atoms with Crippen molar-refractivity contribution in [3.8, 4) is 0 Å². The Bertz CT molecular complexity index is 582. The summed E-state index contributed by atoms with van der Waals surface area (Å²) in [7, 11) is 1.73. The van der Waals surface area contributed by atoms with Gasteiger partial charge in [-0.1, -0.05) is 11.6 Å². The molecule has 6 nitrogen and oxygen atoms in total. The fourth-order valence-electron chi connectivity index (χ4n) is 1.80. The van der Waals surface area contributed by atoms with Crippen LogP contribution in [0.2, 0.25) is 5.02 Å². The molecule has 1 amide bonds. The van der Waals surface area contributed by atoms with Crippen molar-refractivity contribution in [3.05, 3.63) is 33.3 Å². The molecule has 0 saturated carbocycles. The molecule has 0 fully saturated rings. The number of hydrogen-bond donors (Lipinski definition) is 1. The summed E-state index contributed by atoms with van der Waals surface area (Å²) in [6, 6.07) is 0. The van der Waals surface area contributed by atoms with Crippen molar-refractivity contribution in [1.29, 1.82) is 0 Å². The van der Waals surface area contributed by atoms with Gasteiger partial charge in [-0.2, -0.15) is 10.2 Å². The van der Waals surface area contributed by atoms with E-state index in [0.717, 1.165) is 12.1 Å². The molecule has 0 aromatic carbocycles. The van der Waals surface area contributed by atoms with Gasteiger partial charge in [-0.05, 0) is 29.3 Å². The van der Waals surface area contributed by atoms with Crippen LogP contribution < -0.4 is 5.32 Å². The standard InChI is InChI=1S/C12H15BrClN5O/c1-8-10(14)7-19(17-8)5-3-4-15-12(20)11-9(13)6-16-18(11)2/h6-7H,3-5H2,1-2H3,(H,15,20). The summed E-state index contributed by atoms with van der Waals surface area (Å²) in [6.07, 6.45) is 4.17. The Morgan fingerprint density at radius 3 is 2.85 bits per heavy atom. The average molecular weight is 361 g/mol. The van der Waals surface area contributed by atoms with Crippen molar-refractivity contribution in [3.63, 3.8) is 0 Å². The van der Waals surface area contributed by atoms with Crippen LogP contribution in [0, 0.1) is 6.92 Å². The van der Waals surface area contributed by atoms with Gasteiger partial charge in [-0.25, -0.2) is 0 Å². The fraction of sp³-hybridized carbons (Fsp3) is 0.417. The Balaban J connectivity index is 1.80. The third kappa shape index (κ3) is 3.40. The second kappa shape index (κ2) is 6.41. The molecule has 20 heavy (non-hydrogen) atoms. The molecular weight excluding hydrogens is 346 g/mol. The fourth-order valence-corrected chi connectivity index (χ4v) is 2.48. The number of amides is 1.